The fourth-order valence-corrected chi connectivity index (χ4v) is 2.63. The summed E-state index contributed by atoms with van der Waals surface area (Å²) >= 11 is 0. The maximum Gasteiger partial charge on any atom is 0.249 e. The summed E-state index contributed by atoms with van der Waals surface area (Å²) in [5.41, 5.74) is 1.86. The topological polar surface area (TPSA) is 41.6 Å². The first kappa shape index (κ1) is 17.9. The van der Waals surface area contributed by atoms with Crippen molar-refractivity contribution in [3.05, 3.63) is 60.2 Å². The fraction of sp³-hybridized carbons (Fsp3) is 0.350. The molecule has 2 aromatic rings. The Kier molecular flexibility index (Phi) is 6.67. The molecule has 0 saturated carbocycles. The number of anilines is 1. The van der Waals surface area contributed by atoms with E-state index in [-0.39, 0.29) is 5.91 Å². The Morgan fingerprint density at radius 3 is 2.17 bits per heavy atom. The van der Waals surface area contributed by atoms with Crippen LogP contribution in [0, 0.1) is 0 Å². The monoisotopic (exact) mass is 326 g/mol. The van der Waals surface area contributed by atoms with Crippen LogP contribution >= 0.6 is 0 Å². The largest absolute Gasteiger partial charge is 0.494 e. The van der Waals surface area contributed by atoms with E-state index in [4.69, 9.17) is 4.74 Å². The second kappa shape index (κ2) is 8.96. The highest BCUT2D eigenvalue weighted by molar-refractivity contribution is 5.86. The molecule has 2 aromatic carbocycles. The highest BCUT2D eigenvalue weighted by atomic mass is 16.5. The van der Waals surface area contributed by atoms with Crippen molar-refractivity contribution in [1.82, 2.24) is 4.90 Å². The molecule has 1 amide bonds. The van der Waals surface area contributed by atoms with Crippen molar-refractivity contribution in [2.75, 3.05) is 25.0 Å². The van der Waals surface area contributed by atoms with Crippen molar-refractivity contribution in [2.45, 2.75) is 26.8 Å². The number of nitrogens with one attached hydrogen (secondary N) is 1. The first-order valence-corrected chi connectivity index (χ1v) is 8.52. The minimum absolute atomic E-state index is 0.0834. The van der Waals surface area contributed by atoms with Crippen molar-refractivity contribution in [3.63, 3.8) is 0 Å². The van der Waals surface area contributed by atoms with Crippen LogP contribution in [0.15, 0.2) is 54.6 Å². The molecular weight excluding hydrogens is 300 g/mol. The number of benzene rings is 2. The van der Waals surface area contributed by atoms with E-state index in [0.717, 1.165) is 17.0 Å². The van der Waals surface area contributed by atoms with Crippen LogP contribution in [-0.2, 0) is 4.79 Å². The molecule has 4 heteroatoms. The van der Waals surface area contributed by atoms with Gasteiger partial charge in [0.05, 0.1) is 6.61 Å². The van der Waals surface area contributed by atoms with Crippen molar-refractivity contribution in [2.24, 2.45) is 0 Å². The summed E-state index contributed by atoms with van der Waals surface area (Å²) in [4.78, 5) is 14.8. The lowest BCUT2D eigenvalue weighted by Crippen LogP contribution is -2.37. The van der Waals surface area contributed by atoms with Gasteiger partial charge >= 0.3 is 0 Å². The number of likely N-dealkylation sites (N-methyl/N-ethyl adjacent to an activating group) is 1. The smallest absolute Gasteiger partial charge is 0.249 e. The Balaban J connectivity index is 2.24. The predicted molar refractivity (Wildman–Crippen MR) is 98.3 cm³/mol. The van der Waals surface area contributed by atoms with Crippen LogP contribution in [-0.4, -0.2) is 30.5 Å². The van der Waals surface area contributed by atoms with Gasteiger partial charge in [-0.2, -0.15) is 0 Å². The van der Waals surface area contributed by atoms with E-state index < -0.39 is 6.04 Å². The minimum atomic E-state index is -0.399. The minimum Gasteiger partial charge on any atom is -0.494 e. The zero-order valence-electron chi connectivity index (χ0n) is 14.7. The van der Waals surface area contributed by atoms with Crippen molar-refractivity contribution in [1.29, 1.82) is 0 Å². The molecule has 0 aromatic heterocycles. The van der Waals surface area contributed by atoms with Crippen molar-refractivity contribution >= 4 is 11.6 Å². The molecule has 24 heavy (non-hydrogen) atoms. The third-order valence-electron chi connectivity index (χ3n) is 3.93. The van der Waals surface area contributed by atoms with Crippen LogP contribution in [0.1, 0.15) is 32.4 Å². The molecule has 1 atom stereocenters. The lowest BCUT2D eigenvalue weighted by molar-refractivity contribution is -0.131. The molecular formula is C20H26N2O2. The molecule has 0 fully saturated rings. The van der Waals surface area contributed by atoms with Gasteiger partial charge in [-0.15, -0.1) is 0 Å². The summed E-state index contributed by atoms with van der Waals surface area (Å²) in [6, 6.07) is 17.1. The molecule has 0 unspecified atom stereocenters. The average Bonchev–Trinajstić information content (AvgIpc) is 2.63. The van der Waals surface area contributed by atoms with E-state index in [1.54, 1.807) is 0 Å². The predicted octanol–water partition coefficient (Wildman–Crippen LogP) is 4.11. The number of carbonyl (C=O) groups is 1. The Hall–Kier alpha value is -2.49. The van der Waals surface area contributed by atoms with Gasteiger partial charge in [-0.1, -0.05) is 30.3 Å². The van der Waals surface area contributed by atoms with Gasteiger partial charge in [0.25, 0.3) is 0 Å². The van der Waals surface area contributed by atoms with E-state index in [0.29, 0.717) is 19.7 Å². The average molecular weight is 326 g/mol. The SMILES string of the molecule is CCOc1ccc(N[C@H](C(=O)N(CC)CC)c2ccccc2)cc1. The Morgan fingerprint density at radius 2 is 1.62 bits per heavy atom. The molecule has 0 aliphatic heterocycles. The van der Waals surface area contributed by atoms with Gasteiger partial charge in [0.1, 0.15) is 11.8 Å². The lowest BCUT2D eigenvalue weighted by Gasteiger charge is -2.27. The Morgan fingerprint density at radius 1 is 1.00 bits per heavy atom. The second-order valence-corrected chi connectivity index (χ2v) is 5.46. The van der Waals surface area contributed by atoms with Crippen LogP contribution in [0.4, 0.5) is 5.69 Å². The van der Waals surface area contributed by atoms with E-state index in [9.17, 15) is 4.79 Å². The molecule has 0 heterocycles. The van der Waals surface area contributed by atoms with Gasteiger partial charge in [0.2, 0.25) is 5.91 Å². The molecule has 1 N–H and O–H groups in total. The molecule has 4 nitrogen and oxygen atoms in total. The fourth-order valence-electron chi connectivity index (χ4n) is 2.63. The number of ether oxygens (including phenoxy) is 1. The summed E-state index contributed by atoms with van der Waals surface area (Å²) in [7, 11) is 0. The number of carbonyl (C=O) groups excluding carboxylic acids is 1. The number of nitrogens with zero attached hydrogens (tertiary/aromatic N) is 1. The number of amides is 1. The van der Waals surface area contributed by atoms with E-state index in [1.165, 1.54) is 0 Å². The Labute approximate surface area is 144 Å². The van der Waals surface area contributed by atoms with E-state index in [1.807, 2.05) is 80.3 Å². The van der Waals surface area contributed by atoms with Crippen molar-refractivity contribution in [3.8, 4) is 5.75 Å². The summed E-state index contributed by atoms with van der Waals surface area (Å²) in [5.74, 6) is 0.912. The van der Waals surface area contributed by atoms with E-state index in [2.05, 4.69) is 5.32 Å². The van der Waals surface area contributed by atoms with Gasteiger partial charge < -0.3 is 15.0 Å². The van der Waals surface area contributed by atoms with Gasteiger partial charge in [0.15, 0.2) is 0 Å². The zero-order valence-corrected chi connectivity index (χ0v) is 14.7. The zero-order chi connectivity index (χ0) is 17.4. The maximum atomic E-state index is 12.9. The molecule has 0 aliphatic carbocycles. The quantitative estimate of drug-likeness (QED) is 0.794. The standard InChI is InChI=1S/C20H26N2O2/c1-4-22(5-2)20(23)19(16-10-8-7-9-11-16)21-17-12-14-18(15-13-17)24-6-3/h7-15,19,21H,4-6H2,1-3H3/t19-/m0/s1. The molecule has 2 rings (SSSR count). The highest BCUT2D eigenvalue weighted by Crippen LogP contribution is 2.23. The molecule has 0 radical (unpaired) electrons. The highest BCUT2D eigenvalue weighted by Gasteiger charge is 2.24. The number of hydrogen-bond donors (Lipinski definition) is 1. The van der Waals surface area contributed by atoms with Crippen molar-refractivity contribution < 1.29 is 9.53 Å². The van der Waals surface area contributed by atoms with Crippen LogP contribution < -0.4 is 10.1 Å². The summed E-state index contributed by atoms with van der Waals surface area (Å²) in [6.45, 7) is 7.99. The van der Waals surface area contributed by atoms with Gasteiger partial charge in [-0.3, -0.25) is 4.79 Å². The Bertz CT molecular complexity index is 622. The second-order valence-electron chi connectivity index (χ2n) is 5.46. The maximum absolute atomic E-state index is 12.9. The molecule has 0 bridgehead atoms. The molecule has 0 spiro atoms. The summed E-state index contributed by atoms with van der Waals surface area (Å²) < 4.78 is 5.47. The van der Waals surface area contributed by atoms with Gasteiger partial charge in [-0.25, -0.2) is 0 Å². The van der Waals surface area contributed by atoms with E-state index >= 15 is 0 Å². The third kappa shape index (κ3) is 4.51. The normalized spacial score (nSPS) is 11.6. The van der Waals surface area contributed by atoms with Crippen LogP contribution in [0.2, 0.25) is 0 Å². The van der Waals surface area contributed by atoms with Crippen LogP contribution in [0.5, 0.6) is 5.75 Å². The summed E-state index contributed by atoms with van der Waals surface area (Å²) in [6.07, 6.45) is 0. The molecule has 128 valence electrons. The van der Waals surface area contributed by atoms with Crippen LogP contribution in [0.3, 0.4) is 0 Å². The van der Waals surface area contributed by atoms with Gasteiger partial charge in [-0.05, 0) is 50.6 Å². The molecule has 0 saturated heterocycles. The number of hydrogen-bond acceptors (Lipinski definition) is 3. The lowest BCUT2D eigenvalue weighted by atomic mass is 10.0. The first-order valence-electron chi connectivity index (χ1n) is 8.52. The van der Waals surface area contributed by atoms with Gasteiger partial charge in [0, 0.05) is 18.8 Å². The molecule has 0 aliphatic rings. The first-order chi connectivity index (χ1) is 11.7. The summed E-state index contributed by atoms with van der Waals surface area (Å²) in [5, 5.41) is 3.37. The van der Waals surface area contributed by atoms with Crippen LogP contribution in [0.25, 0.3) is 0 Å². The number of rotatable bonds is 8. The third-order valence-corrected chi connectivity index (χ3v) is 3.93.